The molecule has 2 atom stereocenters. The van der Waals surface area contributed by atoms with Gasteiger partial charge in [0.05, 0.1) is 17.6 Å². The number of hydrogen-bond donors (Lipinski definition) is 2. The van der Waals surface area contributed by atoms with E-state index in [1.54, 1.807) is 0 Å². The molecule has 1 aliphatic heterocycles. The average Bonchev–Trinajstić information content (AvgIpc) is 3.12. The van der Waals surface area contributed by atoms with Crippen LogP contribution in [0.15, 0.2) is 78.9 Å². The molecule has 35 heavy (non-hydrogen) atoms. The van der Waals surface area contributed by atoms with Crippen LogP contribution in [-0.2, 0) is 16.8 Å². The van der Waals surface area contributed by atoms with E-state index in [1.807, 2.05) is 72.6 Å². The van der Waals surface area contributed by atoms with Crippen LogP contribution in [-0.4, -0.2) is 30.7 Å². The second-order valence-electron chi connectivity index (χ2n) is 9.75. The van der Waals surface area contributed by atoms with Crippen molar-refractivity contribution in [2.75, 3.05) is 18.5 Å². The molecule has 1 aliphatic carbocycles. The summed E-state index contributed by atoms with van der Waals surface area (Å²) in [5.41, 5.74) is 3.44. The standard InChI is InChI=1S/C30H34N2O3/c1-31-20-27(33)28(23-13-7-3-8-14-23)32-26-16-15-24(35-21-22-11-5-2-6-12-22)19-25(26)30(29(32)34)17-9-4-10-18-30/h2-3,5-8,11-16,19,27-28,31,33H,4,9-10,17-18,20-21H2,1H3/t27-,28+/m1/s1. The zero-order chi connectivity index (χ0) is 24.3. The number of nitrogens with one attached hydrogen (secondary N) is 1. The average molecular weight is 471 g/mol. The van der Waals surface area contributed by atoms with Gasteiger partial charge in [0, 0.05) is 12.2 Å². The molecule has 1 amide bonds. The lowest BCUT2D eigenvalue weighted by Crippen LogP contribution is -2.47. The van der Waals surface area contributed by atoms with Crippen LogP contribution in [0.25, 0.3) is 0 Å². The number of aliphatic hydroxyl groups excluding tert-OH is 1. The Bertz CT molecular complexity index is 1140. The van der Waals surface area contributed by atoms with Gasteiger partial charge < -0.3 is 20.1 Å². The predicted octanol–water partition coefficient (Wildman–Crippen LogP) is 5.14. The van der Waals surface area contributed by atoms with Gasteiger partial charge in [0.2, 0.25) is 5.91 Å². The van der Waals surface area contributed by atoms with Crippen LogP contribution < -0.4 is 15.0 Å². The highest BCUT2D eigenvalue weighted by Crippen LogP contribution is 2.53. The number of anilines is 1. The van der Waals surface area contributed by atoms with Crippen LogP contribution >= 0.6 is 0 Å². The molecule has 3 aromatic carbocycles. The van der Waals surface area contributed by atoms with Crippen LogP contribution in [0.4, 0.5) is 5.69 Å². The molecule has 0 bridgehead atoms. The van der Waals surface area contributed by atoms with Crippen molar-refractivity contribution in [1.29, 1.82) is 0 Å². The molecule has 3 aromatic rings. The highest BCUT2D eigenvalue weighted by Gasteiger charge is 2.53. The van der Waals surface area contributed by atoms with E-state index in [9.17, 15) is 9.90 Å². The van der Waals surface area contributed by atoms with Gasteiger partial charge in [0.25, 0.3) is 0 Å². The van der Waals surface area contributed by atoms with E-state index in [1.165, 1.54) is 0 Å². The largest absolute Gasteiger partial charge is 0.489 e. The Hall–Kier alpha value is -3.15. The van der Waals surface area contributed by atoms with Gasteiger partial charge >= 0.3 is 0 Å². The Morgan fingerprint density at radius 1 is 0.971 bits per heavy atom. The van der Waals surface area contributed by atoms with Crippen molar-refractivity contribution in [3.63, 3.8) is 0 Å². The van der Waals surface area contributed by atoms with E-state index >= 15 is 0 Å². The number of nitrogens with zero attached hydrogens (tertiary/aromatic N) is 1. The molecule has 2 aliphatic rings. The van der Waals surface area contributed by atoms with E-state index in [2.05, 4.69) is 23.5 Å². The minimum absolute atomic E-state index is 0.108. The molecular formula is C30H34N2O3. The zero-order valence-corrected chi connectivity index (χ0v) is 20.3. The quantitative estimate of drug-likeness (QED) is 0.479. The summed E-state index contributed by atoms with van der Waals surface area (Å²) in [5, 5.41) is 14.3. The SMILES string of the molecule is CNC[C@@H](O)[C@H](c1ccccc1)N1C(=O)C2(CCCCC2)c2cc(OCc3ccccc3)ccc21. The number of likely N-dealkylation sites (N-methyl/N-ethyl adjacent to an activating group) is 1. The van der Waals surface area contributed by atoms with E-state index in [0.29, 0.717) is 13.2 Å². The molecule has 2 N–H and O–H groups in total. The monoisotopic (exact) mass is 470 g/mol. The molecular weight excluding hydrogens is 436 g/mol. The second kappa shape index (κ2) is 10.2. The fourth-order valence-corrected chi connectivity index (χ4v) is 5.82. The van der Waals surface area contributed by atoms with Crippen LogP contribution in [0.5, 0.6) is 5.75 Å². The Kier molecular flexibility index (Phi) is 6.89. The normalized spacial score (nSPS) is 18.3. The number of carbonyl (C=O) groups excluding carboxylic acids is 1. The van der Waals surface area contributed by atoms with Gasteiger partial charge in [-0.15, -0.1) is 0 Å². The lowest BCUT2D eigenvalue weighted by Gasteiger charge is -2.36. The zero-order valence-electron chi connectivity index (χ0n) is 20.3. The first-order valence-electron chi connectivity index (χ1n) is 12.7. The van der Waals surface area contributed by atoms with Gasteiger partial charge in [0.1, 0.15) is 12.4 Å². The van der Waals surface area contributed by atoms with Crippen LogP contribution in [0.3, 0.4) is 0 Å². The lowest BCUT2D eigenvalue weighted by atomic mass is 9.70. The number of amides is 1. The molecule has 182 valence electrons. The molecule has 1 heterocycles. The number of ether oxygens (including phenoxy) is 1. The number of hydrogen-bond acceptors (Lipinski definition) is 4. The van der Waals surface area contributed by atoms with E-state index < -0.39 is 17.6 Å². The molecule has 5 nitrogen and oxygen atoms in total. The molecule has 0 saturated heterocycles. The van der Waals surface area contributed by atoms with Crippen molar-refractivity contribution in [1.82, 2.24) is 5.32 Å². The Balaban J connectivity index is 1.55. The lowest BCUT2D eigenvalue weighted by molar-refractivity contribution is -0.125. The third-order valence-corrected chi connectivity index (χ3v) is 7.52. The van der Waals surface area contributed by atoms with Crippen molar-refractivity contribution < 1.29 is 14.6 Å². The van der Waals surface area contributed by atoms with Crippen LogP contribution in [0.2, 0.25) is 0 Å². The fourth-order valence-electron chi connectivity index (χ4n) is 5.82. The Morgan fingerprint density at radius 2 is 1.66 bits per heavy atom. The summed E-state index contributed by atoms with van der Waals surface area (Å²) in [4.78, 5) is 16.2. The van der Waals surface area contributed by atoms with E-state index in [4.69, 9.17) is 4.74 Å². The molecule has 1 fully saturated rings. The molecule has 0 unspecified atom stereocenters. The van der Waals surface area contributed by atoms with Gasteiger partial charge in [-0.1, -0.05) is 79.9 Å². The second-order valence-corrected chi connectivity index (χ2v) is 9.75. The van der Waals surface area contributed by atoms with Crippen molar-refractivity contribution in [2.24, 2.45) is 0 Å². The van der Waals surface area contributed by atoms with E-state index in [0.717, 1.165) is 60.2 Å². The van der Waals surface area contributed by atoms with Crippen molar-refractivity contribution >= 4 is 11.6 Å². The summed E-state index contributed by atoms with van der Waals surface area (Å²) >= 11 is 0. The predicted molar refractivity (Wildman–Crippen MR) is 139 cm³/mol. The number of aliphatic hydroxyl groups is 1. The maximum Gasteiger partial charge on any atom is 0.238 e. The first-order chi connectivity index (χ1) is 17.1. The first-order valence-corrected chi connectivity index (χ1v) is 12.7. The molecule has 0 aromatic heterocycles. The maximum absolute atomic E-state index is 14.3. The highest BCUT2D eigenvalue weighted by atomic mass is 16.5. The van der Waals surface area contributed by atoms with Gasteiger partial charge in [0.15, 0.2) is 0 Å². The van der Waals surface area contributed by atoms with Gasteiger partial charge in [-0.2, -0.15) is 0 Å². The first kappa shape index (κ1) is 23.6. The number of benzene rings is 3. The number of carbonyl (C=O) groups is 1. The summed E-state index contributed by atoms with van der Waals surface area (Å²) in [7, 11) is 1.82. The minimum atomic E-state index is -0.744. The molecule has 5 heteroatoms. The molecule has 1 spiro atoms. The molecule has 0 radical (unpaired) electrons. The van der Waals surface area contributed by atoms with Gasteiger partial charge in [-0.3, -0.25) is 4.79 Å². The number of rotatable bonds is 8. The third-order valence-electron chi connectivity index (χ3n) is 7.52. The smallest absolute Gasteiger partial charge is 0.238 e. The van der Waals surface area contributed by atoms with Gasteiger partial charge in [-0.25, -0.2) is 0 Å². The fraction of sp³-hybridized carbons (Fsp3) is 0.367. The highest BCUT2D eigenvalue weighted by molar-refractivity contribution is 6.09. The summed E-state index contributed by atoms with van der Waals surface area (Å²) in [6, 6.07) is 25.6. The van der Waals surface area contributed by atoms with Crippen molar-refractivity contribution in [2.45, 2.75) is 56.3 Å². The molecule has 5 rings (SSSR count). The van der Waals surface area contributed by atoms with Crippen LogP contribution in [0.1, 0.15) is 54.8 Å². The summed E-state index contributed by atoms with van der Waals surface area (Å²) in [6.07, 6.45) is 4.14. The topological polar surface area (TPSA) is 61.8 Å². The Morgan fingerprint density at radius 3 is 2.34 bits per heavy atom. The summed E-state index contributed by atoms with van der Waals surface area (Å²) < 4.78 is 6.16. The summed E-state index contributed by atoms with van der Waals surface area (Å²) in [5.74, 6) is 0.885. The van der Waals surface area contributed by atoms with Gasteiger partial charge in [-0.05, 0) is 54.8 Å². The van der Waals surface area contributed by atoms with E-state index in [-0.39, 0.29) is 5.91 Å². The Labute approximate surface area is 207 Å². The summed E-state index contributed by atoms with van der Waals surface area (Å²) in [6.45, 7) is 0.877. The van der Waals surface area contributed by atoms with Crippen LogP contribution in [0, 0.1) is 0 Å². The third kappa shape index (κ3) is 4.46. The minimum Gasteiger partial charge on any atom is -0.489 e. The maximum atomic E-state index is 14.3. The molecule has 1 saturated carbocycles. The number of fused-ring (bicyclic) bond motifs is 2. The van der Waals surface area contributed by atoms with Crippen molar-refractivity contribution in [3.8, 4) is 5.75 Å². The van der Waals surface area contributed by atoms with Crippen molar-refractivity contribution in [3.05, 3.63) is 95.6 Å².